The standard InChI is InChI=1S/C7H12NP/c1-2-3-4-7-5-6-8-9-7/h5-6,8H,2-4H2,1H3. The molecule has 0 radical (unpaired) electrons. The van der Waals surface area contributed by atoms with Gasteiger partial charge >= 0.3 is 0 Å². The molecule has 0 amide bonds. The summed E-state index contributed by atoms with van der Waals surface area (Å²) in [6, 6.07) is 2.18. The van der Waals surface area contributed by atoms with Crippen molar-refractivity contribution in [2.45, 2.75) is 26.2 Å². The van der Waals surface area contributed by atoms with Gasteiger partial charge in [0.25, 0.3) is 0 Å². The number of aryl methyl sites for hydroxylation is 1. The van der Waals surface area contributed by atoms with E-state index in [0.717, 1.165) is 0 Å². The second-order valence-electron chi connectivity index (χ2n) is 2.17. The lowest BCUT2D eigenvalue weighted by molar-refractivity contribution is 0.804. The first-order valence-corrected chi connectivity index (χ1v) is 4.31. The van der Waals surface area contributed by atoms with Crippen LogP contribution in [0.5, 0.6) is 0 Å². The Morgan fingerprint density at radius 3 is 3.11 bits per heavy atom. The van der Waals surface area contributed by atoms with Crippen molar-refractivity contribution >= 4 is 8.35 Å². The van der Waals surface area contributed by atoms with Gasteiger partial charge in [0.15, 0.2) is 0 Å². The average molecular weight is 141 g/mol. The highest BCUT2D eigenvalue weighted by molar-refractivity contribution is 7.26. The third kappa shape index (κ3) is 2.19. The molecule has 1 N–H and O–H groups in total. The van der Waals surface area contributed by atoms with E-state index in [1.165, 1.54) is 32.9 Å². The molecule has 0 aliphatic heterocycles. The molecule has 1 nitrogen and oxygen atoms in total. The van der Waals surface area contributed by atoms with Crippen molar-refractivity contribution in [3.05, 3.63) is 17.6 Å². The molecule has 9 heavy (non-hydrogen) atoms. The van der Waals surface area contributed by atoms with Gasteiger partial charge in [-0.15, -0.1) is 0 Å². The molecule has 1 rings (SSSR count). The molecule has 0 fully saturated rings. The van der Waals surface area contributed by atoms with Gasteiger partial charge in [-0.3, -0.25) is 0 Å². The summed E-state index contributed by atoms with van der Waals surface area (Å²) in [5.74, 6) is 0. The maximum atomic E-state index is 3.14. The number of hydrogen-bond donors (Lipinski definition) is 1. The molecule has 1 aromatic heterocycles. The molecule has 0 aliphatic carbocycles. The van der Waals surface area contributed by atoms with Crippen LogP contribution in [0, 0.1) is 0 Å². The Morgan fingerprint density at radius 2 is 2.56 bits per heavy atom. The normalized spacial score (nSPS) is 10.8. The van der Waals surface area contributed by atoms with Crippen molar-refractivity contribution in [3.8, 4) is 0 Å². The number of unbranched alkanes of at least 4 members (excludes halogenated alkanes) is 1. The number of nitrogens with one attached hydrogen (secondary N) is 1. The molecule has 1 heterocycles. The number of H-pyrrole nitrogens is 1. The molecule has 0 saturated heterocycles. The fourth-order valence-electron chi connectivity index (χ4n) is 0.788. The van der Waals surface area contributed by atoms with Crippen LogP contribution in [0.2, 0.25) is 0 Å². The van der Waals surface area contributed by atoms with Crippen molar-refractivity contribution in [1.29, 1.82) is 0 Å². The van der Waals surface area contributed by atoms with Gasteiger partial charge in [0.05, 0.1) is 0 Å². The Balaban J connectivity index is 2.30. The van der Waals surface area contributed by atoms with Crippen molar-refractivity contribution in [2.75, 3.05) is 0 Å². The minimum Gasteiger partial charge on any atom is -0.344 e. The van der Waals surface area contributed by atoms with Crippen molar-refractivity contribution < 1.29 is 0 Å². The van der Waals surface area contributed by atoms with Gasteiger partial charge in [-0.2, -0.15) is 0 Å². The minimum absolute atomic E-state index is 1.27. The van der Waals surface area contributed by atoms with Crippen molar-refractivity contribution in [3.63, 3.8) is 0 Å². The molecule has 50 valence electrons. The summed E-state index contributed by atoms with van der Waals surface area (Å²) in [4.78, 5) is 0. The Morgan fingerprint density at radius 1 is 1.67 bits per heavy atom. The Hall–Kier alpha value is -0.290. The van der Waals surface area contributed by atoms with Crippen LogP contribution in [-0.4, -0.2) is 4.75 Å². The first-order valence-electron chi connectivity index (χ1n) is 3.42. The fourth-order valence-corrected chi connectivity index (χ4v) is 1.52. The smallest absolute Gasteiger partial charge is 0.0139 e. The number of aromatic amines is 1. The quantitative estimate of drug-likeness (QED) is 0.666. The monoisotopic (exact) mass is 141 g/mol. The Kier molecular flexibility index (Phi) is 2.79. The van der Waals surface area contributed by atoms with Crippen molar-refractivity contribution in [1.82, 2.24) is 4.75 Å². The van der Waals surface area contributed by atoms with E-state index in [-0.39, 0.29) is 0 Å². The Bertz CT molecular complexity index is 146. The van der Waals surface area contributed by atoms with Crippen LogP contribution in [-0.2, 0) is 6.42 Å². The largest absolute Gasteiger partial charge is 0.344 e. The molecule has 0 atom stereocenters. The van der Waals surface area contributed by atoms with Crippen molar-refractivity contribution in [2.24, 2.45) is 0 Å². The zero-order valence-electron chi connectivity index (χ0n) is 5.72. The molecule has 0 spiro atoms. The maximum absolute atomic E-state index is 3.14. The van der Waals surface area contributed by atoms with Crippen LogP contribution in [0.1, 0.15) is 25.1 Å². The molecule has 2 heteroatoms. The second kappa shape index (κ2) is 3.68. The van der Waals surface area contributed by atoms with E-state index in [1.807, 2.05) is 6.20 Å². The predicted octanol–water partition coefficient (Wildman–Crippen LogP) is 2.94. The van der Waals surface area contributed by atoms with Gasteiger partial charge in [0.2, 0.25) is 0 Å². The molecule has 0 aromatic carbocycles. The average Bonchev–Trinajstić information content (AvgIpc) is 2.34. The van der Waals surface area contributed by atoms with Gasteiger partial charge in [-0.1, -0.05) is 13.3 Å². The molecule has 0 unspecified atom stereocenters. The van der Waals surface area contributed by atoms with E-state index in [9.17, 15) is 0 Å². The molecular weight excluding hydrogens is 129 g/mol. The highest BCUT2D eigenvalue weighted by atomic mass is 31.0. The molecule has 0 saturated carbocycles. The van der Waals surface area contributed by atoms with Gasteiger partial charge in [-0.25, -0.2) is 0 Å². The van der Waals surface area contributed by atoms with E-state index in [4.69, 9.17) is 0 Å². The SMILES string of the molecule is CCCCc1cc[nH]p1. The summed E-state index contributed by atoms with van der Waals surface area (Å²) in [6.45, 7) is 2.23. The van der Waals surface area contributed by atoms with Crippen LogP contribution in [0.4, 0.5) is 0 Å². The molecule has 1 aromatic rings. The maximum Gasteiger partial charge on any atom is 0.0139 e. The minimum atomic E-state index is 1.27. The van der Waals surface area contributed by atoms with E-state index in [0.29, 0.717) is 0 Å². The Labute approximate surface area is 57.7 Å². The predicted molar refractivity (Wildman–Crippen MR) is 41.9 cm³/mol. The number of aromatic nitrogens is 1. The zero-order valence-corrected chi connectivity index (χ0v) is 6.62. The van der Waals surface area contributed by atoms with Crippen LogP contribution in [0.15, 0.2) is 12.3 Å². The van der Waals surface area contributed by atoms with Crippen LogP contribution in [0.25, 0.3) is 0 Å². The number of hydrogen-bond acceptors (Lipinski definition) is 0. The lowest BCUT2D eigenvalue weighted by Gasteiger charge is -1.89. The topological polar surface area (TPSA) is 15.8 Å². The van der Waals surface area contributed by atoms with Crippen LogP contribution in [0.3, 0.4) is 0 Å². The van der Waals surface area contributed by atoms with Crippen LogP contribution < -0.4 is 0 Å². The first kappa shape index (κ1) is 6.82. The summed E-state index contributed by atoms with van der Waals surface area (Å²) in [5.41, 5.74) is 0. The summed E-state index contributed by atoms with van der Waals surface area (Å²) in [5, 5.41) is 1.52. The summed E-state index contributed by atoms with van der Waals surface area (Å²) < 4.78 is 3.14. The van der Waals surface area contributed by atoms with E-state index < -0.39 is 0 Å². The first-order chi connectivity index (χ1) is 4.43. The van der Waals surface area contributed by atoms with Gasteiger partial charge in [-0.05, 0) is 24.2 Å². The van der Waals surface area contributed by atoms with E-state index >= 15 is 0 Å². The van der Waals surface area contributed by atoms with Gasteiger partial charge < -0.3 is 4.75 Å². The third-order valence-corrected chi connectivity index (χ3v) is 2.28. The summed E-state index contributed by atoms with van der Waals surface area (Å²) in [7, 11) is 1.30. The molecule has 0 aliphatic rings. The summed E-state index contributed by atoms with van der Waals surface area (Å²) in [6.07, 6.45) is 5.91. The third-order valence-electron chi connectivity index (χ3n) is 1.34. The lowest BCUT2D eigenvalue weighted by Crippen LogP contribution is -1.75. The van der Waals surface area contributed by atoms with E-state index in [2.05, 4.69) is 17.7 Å². The molecule has 0 bridgehead atoms. The van der Waals surface area contributed by atoms with Crippen LogP contribution >= 0.6 is 8.35 Å². The highest BCUT2D eigenvalue weighted by Gasteiger charge is 1.89. The zero-order chi connectivity index (χ0) is 6.53. The number of rotatable bonds is 3. The lowest BCUT2D eigenvalue weighted by atomic mass is 10.2. The van der Waals surface area contributed by atoms with E-state index in [1.54, 1.807) is 0 Å². The fraction of sp³-hybridized carbons (Fsp3) is 0.571. The summed E-state index contributed by atoms with van der Waals surface area (Å²) >= 11 is 0. The van der Waals surface area contributed by atoms with Gasteiger partial charge in [0.1, 0.15) is 0 Å². The highest BCUT2D eigenvalue weighted by Crippen LogP contribution is 2.12. The molecular formula is C7H12NP. The van der Waals surface area contributed by atoms with Gasteiger partial charge in [0, 0.05) is 14.5 Å². The second-order valence-corrected chi connectivity index (χ2v) is 3.23.